The van der Waals surface area contributed by atoms with E-state index in [1.807, 2.05) is 30.3 Å². The number of rotatable bonds is 6. The summed E-state index contributed by atoms with van der Waals surface area (Å²) >= 11 is 0. The number of esters is 1. The predicted octanol–water partition coefficient (Wildman–Crippen LogP) is 4.33. The van der Waals surface area contributed by atoms with E-state index in [2.05, 4.69) is 0 Å². The highest BCUT2D eigenvalue weighted by molar-refractivity contribution is 6.04. The topological polar surface area (TPSA) is 46.6 Å². The van der Waals surface area contributed by atoms with Gasteiger partial charge in [-0.05, 0) is 35.7 Å². The molecule has 1 aliphatic carbocycles. The van der Waals surface area contributed by atoms with Gasteiger partial charge in [-0.3, -0.25) is 4.79 Å². The molecule has 5 heteroatoms. The van der Waals surface area contributed by atoms with Crippen LogP contribution in [0.4, 0.5) is 4.39 Å². The van der Waals surface area contributed by atoms with Gasteiger partial charge in [0.15, 0.2) is 6.61 Å². The first kappa shape index (κ1) is 18.2. The normalized spacial score (nSPS) is 13.3. The number of carbonyl (C=O) groups is 2. The van der Waals surface area contributed by atoms with Crippen LogP contribution < -0.4 is 0 Å². The van der Waals surface area contributed by atoms with Crippen molar-refractivity contribution < 1.29 is 18.7 Å². The molecule has 0 aromatic heterocycles. The molecular weight excluding hydrogens is 357 g/mol. The highest BCUT2D eigenvalue weighted by atomic mass is 19.1. The average Bonchev–Trinajstić information content (AvgIpc) is 3.56. The number of benzene rings is 3. The van der Waals surface area contributed by atoms with Gasteiger partial charge < -0.3 is 9.64 Å². The molecule has 0 saturated heterocycles. The number of fused-ring (bicyclic) bond motifs is 1. The zero-order valence-corrected chi connectivity index (χ0v) is 15.3. The summed E-state index contributed by atoms with van der Waals surface area (Å²) in [5.41, 5.74) is 0.890. The second kappa shape index (κ2) is 7.80. The molecule has 3 aromatic rings. The third-order valence-corrected chi connectivity index (χ3v) is 4.94. The van der Waals surface area contributed by atoms with Crippen LogP contribution in [-0.2, 0) is 16.1 Å². The summed E-state index contributed by atoms with van der Waals surface area (Å²) in [6, 6.07) is 19.4. The minimum atomic E-state index is -0.535. The highest BCUT2D eigenvalue weighted by Gasteiger charge is 2.33. The van der Waals surface area contributed by atoms with Crippen LogP contribution in [0.15, 0.2) is 66.7 Å². The van der Waals surface area contributed by atoms with Crippen LogP contribution in [0.1, 0.15) is 28.8 Å². The molecule has 0 unspecified atom stereocenters. The zero-order chi connectivity index (χ0) is 19.5. The van der Waals surface area contributed by atoms with E-state index in [9.17, 15) is 14.0 Å². The predicted molar refractivity (Wildman–Crippen MR) is 104 cm³/mol. The van der Waals surface area contributed by atoms with E-state index in [0.29, 0.717) is 11.1 Å². The lowest BCUT2D eigenvalue weighted by Crippen LogP contribution is -2.36. The number of amides is 1. The summed E-state index contributed by atoms with van der Waals surface area (Å²) in [7, 11) is 0. The first-order valence-corrected chi connectivity index (χ1v) is 9.31. The van der Waals surface area contributed by atoms with Gasteiger partial charge in [0.1, 0.15) is 5.82 Å². The van der Waals surface area contributed by atoms with Crippen molar-refractivity contribution in [2.24, 2.45) is 0 Å². The summed E-state index contributed by atoms with van der Waals surface area (Å²) < 4.78 is 19.3. The molecule has 1 fully saturated rings. The molecule has 0 aliphatic heterocycles. The smallest absolute Gasteiger partial charge is 0.339 e. The third-order valence-electron chi connectivity index (χ3n) is 4.94. The minimum absolute atomic E-state index is 0.0864. The van der Waals surface area contributed by atoms with Crippen molar-refractivity contribution in [2.45, 2.75) is 25.4 Å². The molecular formula is C23H20FNO3. The molecule has 0 heterocycles. The van der Waals surface area contributed by atoms with Gasteiger partial charge in [-0.15, -0.1) is 0 Å². The Morgan fingerprint density at radius 1 is 0.964 bits per heavy atom. The third kappa shape index (κ3) is 3.88. The first-order valence-electron chi connectivity index (χ1n) is 9.31. The second-order valence-corrected chi connectivity index (χ2v) is 6.95. The number of hydrogen-bond donors (Lipinski definition) is 0. The van der Waals surface area contributed by atoms with Gasteiger partial charge in [-0.2, -0.15) is 0 Å². The van der Waals surface area contributed by atoms with E-state index in [-0.39, 0.29) is 30.9 Å². The lowest BCUT2D eigenvalue weighted by Gasteiger charge is -2.22. The Morgan fingerprint density at radius 2 is 1.68 bits per heavy atom. The monoisotopic (exact) mass is 377 g/mol. The second-order valence-electron chi connectivity index (χ2n) is 6.95. The Bertz CT molecular complexity index is 1020. The van der Waals surface area contributed by atoms with Gasteiger partial charge in [0.05, 0.1) is 5.56 Å². The number of nitrogens with zero attached hydrogens (tertiary/aromatic N) is 1. The largest absolute Gasteiger partial charge is 0.452 e. The summed E-state index contributed by atoms with van der Waals surface area (Å²) in [6.45, 7) is -0.172. The molecule has 142 valence electrons. The minimum Gasteiger partial charge on any atom is -0.452 e. The van der Waals surface area contributed by atoms with Crippen molar-refractivity contribution in [3.05, 3.63) is 83.7 Å². The van der Waals surface area contributed by atoms with Crippen molar-refractivity contribution >= 4 is 22.6 Å². The Hall–Kier alpha value is -3.21. The van der Waals surface area contributed by atoms with Gasteiger partial charge >= 0.3 is 5.97 Å². The van der Waals surface area contributed by atoms with Crippen LogP contribution in [0, 0.1) is 5.82 Å². The Labute approximate surface area is 162 Å². The fourth-order valence-corrected chi connectivity index (χ4v) is 3.31. The fraction of sp³-hybridized carbons (Fsp3) is 0.217. The van der Waals surface area contributed by atoms with Crippen LogP contribution in [0.3, 0.4) is 0 Å². The molecule has 0 N–H and O–H groups in total. The van der Waals surface area contributed by atoms with Crippen molar-refractivity contribution in [3.63, 3.8) is 0 Å². The standard InChI is InChI=1S/C23H20FNO3/c24-21-11-4-2-7-17(21)14-25(18-12-13-18)22(26)15-28-23(27)20-10-5-8-16-6-1-3-9-19(16)20/h1-11,18H,12-15H2. The molecule has 28 heavy (non-hydrogen) atoms. The maximum atomic E-state index is 14.0. The van der Waals surface area contributed by atoms with Gasteiger partial charge in [0.25, 0.3) is 5.91 Å². The summed E-state index contributed by atoms with van der Waals surface area (Å²) in [6.07, 6.45) is 1.77. The molecule has 1 saturated carbocycles. The number of carbonyl (C=O) groups excluding carboxylic acids is 2. The summed E-state index contributed by atoms with van der Waals surface area (Å²) in [5.74, 6) is -1.18. The summed E-state index contributed by atoms with van der Waals surface area (Å²) in [5, 5.41) is 1.72. The van der Waals surface area contributed by atoms with Crippen LogP contribution in [0.25, 0.3) is 10.8 Å². The first-order chi connectivity index (χ1) is 13.6. The van der Waals surface area contributed by atoms with Gasteiger partial charge in [0.2, 0.25) is 0 Å². The molecule has 1 aliphatic rings. The van der Waals surface area contributed by atoms with E-state index in [1.54, 1.807) is 35.2 Å². The maximum absolute atomic E-state index is 14.0. The lowest BCUT2D eigenvalue weighted by atomic mass is 10.1. The van der Waals surface area contributed by atoms with E-state index in [4.69, 9.17) is 4.74 Å². The number of ether oxygens (including phenoxy) is 1. The maximum Gasteiger partial charge on any atom is 0.339 e. The highest BCUT2D eigenvalue weighted by Crippen LogP contribution is 2.29. The molecule has 0 radical (unpaired) electrons. The number of halogens is 1. The van der Waals surface area contributed by atoms with Crippen LogP contribution in [0.5, 0.6) is 0 Å². The van der Waals surface area contributed by atoms with Crippen LogP contribution in [-0.4, -0.2) is 29.4 Å². The molecule has 1 amide bonds. The van der Waals surface area contributed by atoms with Gasteiger partial charge in [-0.1, -0.05) is 54.6 Å². The van der Waals surface area contributed by atoms with E-state index in [0.717, 1.165) is 23.6 Å². The van der Waals surface area contributed by atoms with Crippen molar-refractivity contribution in [1.29, 1.82) is 0 Å². The Balaban J connectivity index is 1.45. The van der Waals surface area contributed by atoms with Gasteiger partial charge in [-0.25, -0.2) is 9.18 Å². The van der Waals surface area contributed by atoms with Crippen molar-refractivity contribution in [2.75, 3.05) is 6.61 Å². The number of hydrogen-bond acceptors (Lipinski definition) is 3. The molecule has 0 spiro atoms. The van der Waals surface area contributed by atoms with Crippen molar-refractivity contribution in [3.8, 4) is 0 Å². The molecule has 3 aromatic carbocycles. The molecule has 0 bridgehead atoms. The quantitative estimate of drug-likeness (QED) is 0.601. The van der Waals surface area contributed by atoms with Crippen molar-refractivity contribution in [1.82, 2.24) is 4.90 Å². The zero-order valence-electron chi connectivity index (χ0n) is 15.3. The molecule has 4 rings (SSSR count). The molecule has 0 atom stereocenters. The van der Waals surface area contributed by atoms with Gasteiger partial charge in [0, 0.05) is 18.2 Å². The average molecular weight is 377 g/mol. The van der Waals surface area contributed by atoms with Crippen LogP contribution >= 0.6 is 0 Å². The molecule has 4 nitrogen and oxygen atoms in total. The summed E-state index contributed by atoms with van der Waals surface area (Å²) in [4.78, 5) is 26.8. The lowest BCUT2D eigenvalue weighted by molar-refractivity contribution is -0.135. The van der Waals surface area contributed by atoms with Crippen LogP contribution in [0.2, 0.25) is 0 Å². The Morgan fingerprint density at radius 3 is 2.46 bits per heavy atom. The van der Waals surface area contributed by atoms with E-state index in [1.165, 1.54) is 6.07 Å². The fourth-order valence-electron chi connectivity index (χ4n) is 3.31. The SMILES string of the molecule is O=C(OCC(=O)N(Cc1ccccc1F)C1CC1)c1cccc2ccccc12. The van der Waals surface area contributed by atoms with E-state index < -0.39 is 5.97 Å². The van der Waals surface area contributed by atoms with E-state index >= 15 is 0 Å². The Kier molecular flexibility index (Phi) is 5.06.